The molecule has 4 rings (SSSR count). The largest absolute Gasteiger partial charge is 0.497 e. The number of hydrogen-bond donors (Lipinski definition) is 2. The van der Waals surface area contributed by atoms with Crippen molar-refractivity contribution in [2.24, 2.45) is 0 Å². The Balaban J connectivity index is 1.65. The Hall–Kier alpha value is -2.57. The second-order valence-corrected chi connectivity index (χ2v) is 8.16. The number of anilines is 1. The number of halogens is 1. The van der Waals surface area contributed by atoms with E-state index >= 15 is 0 Å². The quantitative estimate of drug-likeness (QED) is 0.641. The van der Waals surface area contributed by atoms with Crippen LogP contribution < -0.4 is 15.5 Å². The summed E-state index contributed by atoms with van der Waals surface area (Å²) >= 11 is 7.60. The van der Waals surface area contributed by atoms with Crippen molar-refractivity contribution in [2.75, 3.05) is 17.9 Å². The maximum absolute atomic E-state index is 13.2. The molecular formula is C21H20ClN3O2S. The summed E-state index contributed by atoms with van der Waals surface area (Å²) in [6, 6.07) is 18.8. The number of fused-ring (bicyclic) bond motifs is 1. The van der Waals surface area contributed by atoms with E-state index in [0.29, 0.717) is 10.7 Å². The third-order valence-electron chi connectivity index (χ3n) is 4.68. The van der Waals surface area contributed by atoms with Crippen molar-refractivity contribution < 1.29 is 9.53 Å². The number of amides is 1. The first-order valence-corrected chi connectivity index (χ1v) is 10.1. The molecule has 2 aromatic carbocycles. The maximum atomic E-state index is 13.2. The first-order valence-electron chi connectivity index (χ1n) is 8.87. The third kappa shape index (κ3) is 3.70. The lowest BCUT2D eigenvalue weighted by atomic mass is 10.0. The van der Waals surface area contributed by atoms with Gasteiger partial charge in [0.05, 0.1) is 18.2 Å². The van der Waals surface area contributed by atoms with E-state index in [1.165, 1.54) is 0 Å². The van der Waals surface area contributed by atoms with Crippen LogP contribution in [-0.4, -0.2) is 22.9 Å². The van der Waals surface area contributed by atoms with Gasteiger partial charge in [-0.1, -0.05) is 41.6 Å². The van der Waals surface area contributed by atoms with Gasteiger partial charge in [0.25, 0.3) is 0 Å². The smallest absolute Gasteiger partial charge is 0.240 e. The van der Waals surface area contributed by atoms with Gasteiger partial charge in [-0.3, -0.25) is 9.47 Å². The molecule has 0 bridgehead atoms. The van der Waals surface area contributed by atoms with Crippen LogP contribution in [0.2, 0.25) is 5.02 Å². The van der Waals surface area contributed by atoms with Crippen molar-refractivity contribution in [2.45, 2.75) is 23.2 Å². The van der Waals surface area contributed by atoms with E-state index in [9.17, 15) is 4.79 Å². The van der Waals surface area contributed by atoms with Gasteiger partial charge in [-0.25, -0.2) is 0 Å². The van der Waals surface area contributed by atoms with Crippen molar-refractivity contribution in [3.63, 3.8) is 0 Å². The Kier molecular flexibility index (Phi) is 5.24. The average molecular weight is 414 g/mol. The monoisotopic (exact) mass is 413 g/mol. The highest BCUT2D eigenvalue weighted by atomic mass is 35.5. The number of nitrogens with zero attached hydrogens (tertiary/aromatic N) is 1. The zero-order chi connectivity index (χ0) is 19.7. The number of benzene rings is 2. The summed E-state index contributed by atoms with van der Waals surface area (Å²) in [7, 11) is 1.64. The zero-order valence-electron chi connectivity index (χ0n) is 15.5. The number of aryl methyl sites for hydroxylation is 1. The van der Waals surface area contributed by atoms with Gasteiger partial charge in [0.1, 0.15) is 11.0 Å². The first kappa shape index (κ1) is 18.8. The van der Waals surface area contributed by atoms with Gasteiger partial charge in [0.15, 0.2) is 0 Å². The summed E-state index contributed by atoms with van der Waals surface area (Å²) in [6.07, 6.45) is 0. The molecule has 0 spiro atoms. The fourth-order valence-electron chi connectivity index (χ4n) is 3.22. The fourth-order valence-corrected chi connectivity index (χ4v) is 4.64. The van der Waals surface area contributed by atoms with Crippen LogP contribution in [0.15, 0.2) is 65.7 Å². The van der Waals surface area contributed by atoms with Crippen molar-refractivity contribution in [1.29, 1.82) is 0 Å². The van der Waals surface area contributed by atoms with E-state index in [4.69, 9.17) is 16.3 Å². The van der Waals surface area contributed by atoms with Crippen LogP contribution >= 0.6 is 23.4 Å². The molecule has 0 unspecified atom stereocenters. The molecule has 1 aliphatic rings. The molecule has 1 aromatic heterocycles. The van der Waals surface area contributed by atoms with E-state index in [2.05, 4.69) is 10.7 Å². The van der Waals surface area contributed by atoms with E-state index in [1.807, 2.05) is 60.1 Å². The van der Waals surface area contributed by atoms with Gasteiger partial charge in [0.2, 0.25) is 5.91 Å². The highest BCUT2D eigenvalue weighted by Crippen LogP contribution is 2.39. The summed E-state index contributed by atoms with van der Waals surface area (Å²) in [4.78, 5) is 13.2. The minimum absolute atomic E-state index is 0.0781. The van der Waals surface area contributed by atoms with Crippen LogP contribution in [0, 0.1) is 6.92 Å². The van der Waals surface area contributed by atoms with Gasteiger partial charge in [-0.15, -0.1) is 0 Å². The number of thioether (sulfide) groups is 1. The fraction of sp³-hybridized carbons (Fsp3) is 0.190. The molecule has 1 amide bonds. The third-order valence-corrected chi connectivity index (χ3v) is 6.22. The number of carbonyl (C=O) groups excluding carboxylic acids is 1. The molecule has 28 heavy (non-hydrogen) atoms. The SMILES string of the molecule is COc1ccc([C@H]2Nn3c(C)ccc3S[C@@H]2C(=O)Nc2cccc(Cl)c2)cc1. The van der Waals surface area contributed by atoms with Gasteiger partial charge < -0.3 is 15.5 Å². The molecule has 1 aliphatic heterocycles. The number of ether oxygens (including phenoxy) is 1. The Morgan fingerprint density at radius 3 is 2.68 bits per heavy atom. The summed E-state index contributed by atoms with van der Waals surface area (Å²) in [5.41, 5.74) is 6.28. The highest BCUT2D eigenvalue weighted by molar-refractivity contribution is 8.00. The second kappa shape index (κ2) is 7.81. The molecule has 0 saturated carbocycles. The van der Waals surface area contributed by atoms with E-state index < -0.39 is 0 Å². The molecule has 0 saturated heterocycles. The summed E-state index contributed by atoms with van der Waals surface area (Å²) in [5, 5.41) is 4.24. The number of aromatic nitrogens is 1. The number of rotatable bonds is 4. The second-order valence-electron chi connectivity index (χ2n) is 6.57. The molecule has 2 heterocycles. The Morgan fingerprint density at radius 1 is 1.18 bits per heavy atom. The van der Waals surface area contributed by atoms with Crippen molar-refractivity contribution in [3.05, 3.63) is 76.9 Å². The molecule has 7 heteroatoms. The van der Waals surface area contributed by atoms with Crippen LogP contribution in [0.25, 0.3) is 0 Å². The highest BCUT2D eigenvalue weighted by Gasteiger charge is 2.36. The maximum Gasteiger partial charge on any atom is 0.240 e. The van der Waals surface area contributed by atoms with Gasteiger partial charge in [-0.05, 0) is 55.0 Å². The van der Waals surface area contributed by atoms with E-state index in [-0.39, 0.29) is 17.2 Å². The minimum Gasteiger partial charge on any atom is -0.497 e. The van der Waals surface area contributed by atoms with Crippen molar-refractivity contribution >= 4 is 35.0 Å². The standard InChI is InChI=1S/C21H20ClN3O2S/c1-13-6-11-18-25(13)24-19(14-7-9-17(27-2)10-8-14)20(28-18)21(26)23-16-5-3-4-15(22)12-16/h3-12,19-20,24H,1-2H3,(H,23,26)/t19-,20+/m1/s1. The number of nitrogens with one attached hydrogen (secondary N) is 2. The number of methoxy groups -OCH3 is 1. The first-order chi connectivity index (χ1) is 13.5. The van der Waals surface area contributed by atoms with Crippen LogP contribution in [0.1, 0.15) is 17.3 Å². The van der Waals surface area contributed by atoms with Crippen LogP contribution in [0.3, 0.4) is 0 Å². The van der Waals surface area contributed by atoms with Crippen LogP contribution in [0.4, 0.5) is 5.69 Å². The molecule has 0 aliphatic carbocycles. The summed E-state index contributed by atoms with van der Waals surface area (Å²) in [5.74, 6) is 0.704. The van der Waals surface area contributed by atoms with E-state index in [1.54, 1.807) is 31.0 Å². The number of hydrogen-bond acceptors (Lipinski definition) is 4. The lowest BCUT2D eigenvalue weighted by Crippen LogP contribution is -2.41. The molecule has 2 N–H and O–H groups in total. The van der Waals surface area contributed by atoms with Gasteiger partial charge >= 0.3 is 0 Å². The van der Waals surface area contributed by atoms with Crippen LogP contribution in [-0.2, 0) is 4.79 Å². The summed E-state index contributed by atoms with van der Waals surface area (Å²) < 4.78 is 7.29. The average Bonchev–Trinajstić information content (AvgIpc) is 3.07. The Bertz CT molecular complexity index is 1000. The van der Waals surface area contributed by atoms with Crippen molar-refractivity contribution in [3.8, 4) is 5.75 Å². The minimum atomic E-state index is -0.353. The van der Waals surface area contributed by atoms with Gasteiger partial charge in [0, 0.05) is 16.4 Å². The molecule has 3 aromatic rings. The molecule has 5 nitrogen and oxygen atoms in total. The Labute approximate surface area is 173 Å². The lowest BCUT2D eigenvalue weighted by molar-refractivity contribution is -0.116. The number of carbonyl (C=O) groups is 1. The molecule has 144 valence electrons. The van der Waals surface area contributed by atoms with E-state index in [0.717, 1.165) is 22.0 Å². The summed E-state index contributed by atoms with van der Waals surface area (Å²) in [6.45, 7) is 2.04. The van der Waals surface area contributed by atoms with Gasteiger partial charge in [-0.2, -0.15) is 0 Å². The molecule has 2 atom stereocenters. The normalized spacial score (nSPS) is 18.1. The Morgan fingerprint density at radius 2 is 1.96 bits per heavy atom. The zero-order valence-corrected chi connectivity index (χ0v) is 17.1. The predicted molar refractivity (Wildman–Crippen MR) is 114 cm³/mol. The van der Waals surface area contributed by atoms with Crippen LogP contribution in [0.5, 0.6) is 5.75 Å². The lowest BCUT2D eigenvalue weighted by Gasteiger charge is -2.34. The van der Waals surface area contributed by atoms with Crippen molar-refractivity contribution in [1.82, 2.24) is 4.68 Å². The molecular weight excluding hydrogens is 394 g/mol. The molecule has 0 radical (unpaired) electrons. The topological polar surface area (TPSA) is 55.3 Å². The predicted octanol–water partition coefficient (Wildman–Crippen LogP) is 4.86. The molecule has 0 fully saturated rings.